The van der Waals surface area contributed by atoms with Crippen LogP contribution in [-0.4, -0.2) is 41.0 Å². The third kappa shape index (κ3) is 4.51. The second-order valence-electron chi connectivity index (χ2n) is 5.47. The van der Waals surface area contributed by atoms with Gasteiger partial charge in [0.1, 0.15) is 0 Å². The fraction of sp³-hybridized carbons (Fsp3) is 0.438. The smallest absolute Gasteiger partial charge is 0.0931 e. The fourth-order valence-electron chi connectivity index (χ4n) is 2.74. The van der Waals surface area contributed by atoms with Crippen LogP contribution in [0.25, 0.3) is 0 Å². The van der Waals surface area contributed by atoms with Crippen molar-refractivity contribution in [2.24, 2.45) is 0 Å². The zero-order valence-corrected chi connectivity index (χ0v) is 13.6. The Morgan fingerprint density at radius 1 is 0.952 bits per heavy atom. The van der Waals surface area contributed by atoms with Gasteiger partial charge in [-0.2, -0.15) is 0 Å². The maximum Gasteiger partial charge on any atom is 0.0931 e. The van der Waals surface area contributed by atoms with E-state index in [9.17, 15) is 0 Å². The van der Waals surface area contributed by atoms with Crippen molar-refractivity contribution in [1.82, 2.24) is 14.8 Å². The number of thiophene rings is 1. The van der Waals surface area contributed by atoms with E-state index in [4.69, 9.17) is 11.6 Å². The Bertz CT molecular complexity index is 558. The Balaban J connectivity index is 1.52. The molecule has 0 amide bonds. The summed E-state index contributed by atoms with van der Waals surface area (Å²) in [7, 11) is 0. The molecule has 2 aromatic rings. The summed E-state index contributed by atoms with van der Waals surface area (Å²) in [4.78, 5) is 10.5. The number of hydrogen-bond acceptors (Lipinski definition) is 4. The van der Waals surface area contributed by atoms with Crippen LogP contribution in [0.2, 0.25) is 4.34 Å². The molecule has 1 aliphatic rings. The van der Waals surface area contributed by atoms with Crippen LogP contribution in [0.3, 0.4) is 0 Å². The molecule has 3 rings (SSSR count). The third-order valence-electron chi connectivity index (χ3n) is 3.84. The highest BCUT2D eigenvalue weighted by atomic mass is 35.5. The molecule has 0 bridgehead atoms. The molecule has 0 radical (unpaired) electrons. The Labute approximate surface area is 135 Å². The van der Waals surface area contributed by atoms with Gasteiger partial charge in [0.05, 0.1) is 4.34 Å². The molecule has 3 nitrogen and oxygen atoms in total. The topological polar surface area (TPSA) is 19.4 Å². The summed E-state index contributed by atoms with van der Waals surface area (Å²) in [6, 6.07) is 8.36. The van der Waals surface area contributed by atoms with Gasteiger partial charge >= 0.3 is 0 Å². The van der Waals surface area contributed by atoms with Crippen LogP contribution >= 0.6 is 22.9 Å². The van der Waals surface area contributed by atoms with Gasteiger partial charge in [-0.3, -0.25) is 14.8 Å². The maximum absolute atomic E-state index is 6.01. The first-order valence-corrected chi connectivity index (χ1v) is 8.57. The SMILES string of the molecule is Clc1ccc(CN2CCCN(Cc3ccncc3)CC2)s1. The van der Waals surface area contributed by atoms with Crippen LogP contribution in [0.4, 0.5) is 0 Å². The molecular weight excluding hydrogens is 302 g/mol. The van der Waals surface area contributed by atoms with Gasteiger partial charge in [0.15, 0.2) is 0 Å². The largest absolute Gasteiger partial charge is 0.298 e. The van der Waals surface area contributed by atoms with Crippen LogP contribution in [0.5, 0.6) is 0 Å². The molecule has 1 aliphatic heterocycles. The van der Waals surface area contributed by atoms with Crippen molar-refractivity contribution in [1.29, 1.82) is 0 Å². The van der Waals surface area contributed by atoms with Gasteiger partial charge in [-0.05, 0) is 49.3 Å². The number of hydrogen-bond donors (Lipinski definition) is 0. The number of nitrogens with zero attached hydrogens (tertiary/aromatic N) is 3. The van der Waals surface area contributed by atoms with E-state index in [1.54, 1.807) is 11.3 Å². The minimum atomic E-state index is 0.888. The van der Waals surface area contributed by atoms with E-state index in [1.807, 2.05) is 18.5 Å². The molecule has 1 fully saturated rings. The molecule has 0 aromatic carbocycles. The highest BCUT2D eigenvalue weighted by Crippen LogP contribution is 2.23. The lowest BCUT2D eigenvalue weighted by molar-refractivity contribution is 0.248. The summed E-state index contributed by atoms with van der Waals surface area (Å²) in [5.41, 5.74) is 1.35. The van der Waals surface area contributed by atoms with Crippen LogP contribution in [0.1, 0.15) is 16.9 Å². The molecule has 0 N–H and O–H groups in total. The van der Waals surface area contributed by atoms with E-state index in [0.29, 0.717) is 0 Å². The summed E-state index contributed by atoms with van der Waals surface area (Å²) >= 11 is 7.71. The highest BCUT2D eigenvalue weighted by Gasteiger charge is 2.15. The molecule has 0 aliphatic carbocycles. The zero-order chi connectivity index (χ0) is 14.5. The maximum atomic E-state index is 6.01. The van der Waals surface area contributed by atoms with Crippen LogP contribution in [0.15, 0.2) is 36.7 Å². The molecule has 0 saturated carbocycles. The predicted octanol–water partition coefficient (Wildman–Crippen LogP) is 3.50. The van der Waals surface area contributed by atoms with Gasteiger partial charge in [-0.1, -0.05) is 11.6 Å². The third-order valence-corrected chi connectivity index (χ3v) is 5.06. The van der Waals surface area contributed by atoms with Crippen LogP contribution < -0.4 is 0 Å². The first-order valence-electron chi connectivity index (χ1n) is 7.37. The van der Waals surface area contributed by atoms with Gasteiger partial charge in [-0.25, -0.2) is 0 Å². The quantitative estimate of drug-likeness (QED) is 0.859. The molecule has 5 heteroatoms. The molecular formula is C16H20ClN3S. The van der Waals surface area contributed by atoms with E-state index in [0.717, 1.165) is 30.5 Å². The van der Waals surface area contributed by atoms with E-state index in [2.05, 4.69) is 33.0 Å². The van der Waals surface area contributed by atoms with Crippen molar-refractivity contribution in [2.45, 2.75) is 19.5 Å². The summed E-state index contributed by atoms with van der Waals surface area (Å²) in [5.74, 6) is 0. The van der Waals surface area contributed by atoms with E-state index >= 15 is 0 Å². The molecule has 0 atom stereocenters. The molecule has 2 aromatic heterocycles. The van der Waals surface area contributed by atoms with Crippen molar-refractivity contribution in [3.63, 3.8) is 0 Å². The van der Waals surface area contributed by atoms with Crippen molar-refractivity contribution in [3.05, 3.63) is 51.4 Å². The Hall–Kier alpha value is -0.940. The van der Waals surface area contributed by atoms with E-state index < -0.39 is 0 Å². The monoisotopic (exact) mass is 321 g/mol. The van der Waals surface area contributed by atoms with Crippen LogP contribution in [-0.2, 0) is 13.1 Å². The summed E-state index contributed by atoms with van der Waals surface area (Å²) in [6.07, 6.45) is 4.98. The number of pyridine rings is 1. The standard InChI is InChI=1S/C16H20ClN3S/c17-16-3-2-15(21-16)13-20-9-1-8-19(10-11-20)12-14-4-6-18-7-5-14/h2-7H,1,8-13H2. The lowest BCUT2D eigenvalue weighted by Crippen LogP contribution is -2.30. The summed E-state index contributed by atoms with van der Waals surface area (Å²) < 4.78 is 0.888. The van der Waals surface area contributed by atoms with E-state index in [-0.39, 0.29) is 0 Å². The summed E-state index contributed by atoms with van der Waals surface area (Å²) in [6.45, 7) is 6.65. The first kappa shape index (κ1) is 15.0. The molecule has 112 valence electrons. The molecule has 0 unspecified atom stereocenters. The van der Waals surface area contributed by atoms with Gasteiger partial charge < -0.3 is 0 Å². The van der Waals surface area contributed by atoms with Gasteiger partial charge in [0.2, 0.25) is 0 Å². The van der Waals surface area contributed by atoms with Crippen molar-refractivity contribution in [2.75, 3.05) is 26.2 Å². The number of aromatic nitrogens is 1. The Morgan fingerprint density at radius 2 is 1.67 bits per heavy atom. The predicted molar refractivity (Wildman–Crippen MR) is 88.7 cm³/mol. The average Bonchev–Trinajstić information content (AvgIpc) is 2.77. The average molecular weight is 322 g/mol. The van der Waals surface area contributed by atoms with Gasteiger partial charge in [0, 0.05) is 43.4 Å². The Kier molecular flexibility index (Phi) is 5.25. The van der Waals surface area contributed by atoms with Crippen molar-refractivity contribution < 1.29 is 0 Å². The minimum absolute atomic E-state index is 0.888. The number of rotatable bonds is 4. The lowest BCUT2D eigenvalue weighted by Gasteiger charge is -2.21. The second-order valence-corrected chi connectivity index (χ2v) is 7.27. The van der Waals surface area contributed by atoms with Gasteiger partial charge in [-0.15, -0.1) is 11.3 Å². The highest BCUT2D eigenvalue weighted by molar-refractivity contribution is 7.16. The Morgan fingerprint density at radius 3 is 2.33 bits per heavy atom. The molecule has 0 spiro atoms. The zero-order valence-electron chi connectivity index (χ0n) is 12.0. The molecule has 21 heavy (non-hydrogen) atoms. The van der Waals surface area contributed by atoms with Crippen molar-refractivity contribution >= 4 is 22.9 Å². The molecule has 1 saturated heterocycles. The normalized spacial score (nSPS) is 17.8. The lowest BCUT2D eigenvalue weighted by atomic mass is 10.2. The van der Waals surface area contributed by atoms with Crippen molar-refractivity contribution in [3.8, 4) is 0 Å². The van der Waals surface area contributed by atoms with Gasteiger partial charge in [0.25, 0.3) is 0 Å². The first-order chi connectivity index (χ1) is 10.3. The minimum Gasteiger partial charge on any atom is -0.298 e. The van der Waals surface area contributed by atoms with Crippen LogP contribution in [0, 0.1) is 0 Å². The fourth-order valence-corrected chi connectivity index (χ4v) is 3.87. The molecule has 3 heterocycles. The van der Waals surface area contributed by atoms with E-state index in [1.165, 1.54) is 30.0 Å². The second kappa shape index (κ2) is 7.36. The number of halogens is 1. The summed E-state index contributed by atoms with van der Waals surface area (Å²) in [5, 5.41) is 0.